The molecule has 11 heteroatoms. The first-order chi connectivity index (χ1) is 15.2. The summed E-state index contributed by atoms with van der Waals surface area (Å²) < 4.78 is 29.1. The molecule has 1 atom stereocenters. The van der Waals surface area contributed by atoms with Crippen LogP contribution in [0, 0.1) is 6.92 Å². The number of para-hydroxylation sites is 1. The third-order valence-electron chi connectivity index (χ3n) is 4.79. The van der Waals surface area contributed by atoms with Gasteiger partial charge in [-0.2, -0.15) is 0 Å². The number of anilines is 1. The van der Waals surface area contributed by atoms with Crippen molar-refractivity contribution in [3.63, 3.8) is 0 Å². The van der Waals surface area contributed by atoms with Crippen LogP contribution in [0.1, 0.15) is 12.5 Å². The van der Waals surface area contributed by atoms with E-state index in [1.807, 2.05) is 31.2 Å². The molecule has 2 aromatic carbocycles. The lowest BCUT2D eigenvalue weighted by molar-refractivity contribution is -0.115. The number of hydrogen-bond acceptors (Lipinski definition) is 8. The Hall–Kier alpha value is -2.73. The van der Waals surface area contributed by atoms with Gasteiger partial charge in [-0.1, -0.05) is 35.2 Å². The maximum absolute atomic E-state index is 12.8. The topological polar surface area (TPSA) is 124 Å². The molecule has 32 heavy (non-hydrogen) atoms. The van der Waals surface area contributed by atoms with Crippen molar-refractivity contribution in [3.05, 3.63) is 48.0 Å². The number of carbonyl (C=O) groups excluding carboxylic acids is 1. The van der Waals surface area contributed by atoms with Crippen LogP contribution in [-0.4, -0.2) is 36.7 Å². The minimum atomic E-state index is -3.81. The first-order valence-electron chi connectivity index (χ1n) is 9.51. The Balaban J connectivity index is 1.53. The predicted molar refractivity (Wildman–Crippen MR) is 128 cm³/mol. The lowest BCUT2D eigenvalue weighted by Gasteiger charge is -2.12. The number of hydrogen-bond donors (Lipinski definition) is 2. The maximum atomic E-state index is 12.8. The van der Waals surface area contributed by atoms with Crippen LogP contribution in [0.5, 0.6) is 5.75 Å². The van der Waals surface area contributed by atoms with Gasteiger partial charge in [0.15, 0.2) is 5.13 Å². The van der Waals surface area contributed by atoms with Gasteiger partial charge in [-0.15, -0.1) is 0 Å². The highest BCUT2D eigenvalue weighted by Crippen LogP contribution is 2.32. The summed E-state index contributed by atoms with van der Waals surface area (Å²) in [6.07, 6.45) is 0. The lowest BCUT2D eigenvalue weighted by Crippen LogP contribution is -2.22. The van der Waals surface area contributed by atoms with E-state index in [9.17, 15) is 13.2 Å². The molecule has 0 spiro atoms. The fraction of sp³-hybridized carbons (Fsp3) is 0.190. The van der Waals surface area contributed by atoms with Crippen molar-refractivity contribution in [2.75, 3.05) is 12.4 Å². The summed E-state index contributed by atoms with van der Waals surface area (Å²) in [5, 5.41) is 9.63. The molecule has 0 saturated heterocycles. The Morgan fingerprint density at radius 2 is 2.00 bits per heavy atom. The molecule has 2 heterocycles. The second-order valence-corrected chi connectivity index (χ2v) is 11.0. The second kappa shape index (κ2) is 8.66. The number of thiazole rings is 1. The number of thioether (sulfide) groups is 1. The predicted octanol–water partition coefficient (Wildman–Crippen LogP) is 3.93. The summed E-state index contributed by atoms with van der Waals surface area (Å²) >= 11 is 2.52. The standard InChI is InChI=1S/C21H20N4O4S3/c1-11-9-18(24-19-14(11)5-4-6-16(19)29-3)30-12(2)20(26)25-21-23-15-8-7-13(32(22,27)28)10-17(15)31-21/h4-10,12H,1-3H3,(H2,22,27,28)(H,23,25,26). The Morgan fingerprint density at radius 1 is 1.22 bits per heavy atom. The summed E-state index contributed by atoms with van der Waals surface area (Å²) in [5.41, 5.74) is 2.37. The molecule has 0 aliphatic carbocycles. The molecule has 4 aromatic rings. The molecule has 2 aromatic heterocycles. The van der Waals surface area contributed by atoms with Crippen LogP contribution in [0.15, 0.2) is 52.4 Å². The number of primary sulfonamides is 1. The molecule has 1 unspecified atom stereocenters. The molecule has 0 aliphatic rings. The number of fused-ring (bicyclic) bond motifs is 2. The number of carbonyl (C=O) groups is 1. The molecule has 0 bridgehead atoms. The second-order valence-electron chi connectivity index (χ2n) is 7.08. The fourth-order valence-corrected chi connectivity index (χ4v) is 5.60. The van der Waals surface area contributed by atoms with Gasteiger partial charge < -0.3 is 10.1 Å². The smallest absolute Gasteiger partial charge is 0.239 e. The number of benzene rings is 2. The van der Waals surface area contributed by atoms with E-state index in [0.29, 0.717) is 26.1 Å². The zero-order valence-electron chi connectivity index (χ0n) is 17.4. The van der Waals surface area contributed by atoms with Gasteiger partial charge in [0.2, 0.25) is 15.9 Å². The Labute approximate surface area is 193 Å². The van der Waals surface area contributed by atoms with Gasteiger partial charge in [0.25, 0.3) is 0 Å². The molecule has 1 amide bonds. The molecule has 166 valence electrons. The average molecular weight is 489 g/mol. The summed E-state index contributed by atoms with van der Waals surface area (Å²) in [5.74, 6) is 0.443. The molecular weight excluding hydrogens is 468 g/mol. The number of nitrogens with two attached hydrogens (primary N) is 1. The number of aromatic nitrogens is 2. The minimum Gasteiger partial charge on any atom is -0.494 e. The number of rotatable bonds is 6. The van der Waals surface area contributed by atoms with Gasteiger partial charge in [0, 0.05) is 5.39 Å². The van der Waals surface area contributed by atoms with Crippen LogP contribution in [0.4, 0.5) is 5.13 Å². The molecule has 0 aliphatic heterocycles. The molecule has 0 radical (unpaired) electrons. The highest BCUT2D eigenvalue weighted by molar-refractivity contribution is 8.00. The van der Waals surface area contributed by atoms with E-state index in [1.165, 1.54) is 35.2 Å². The van der Waals surface area contributed by atoms with E-state index in [4.69, 9.17) is 9.88 Å². The van der Waals surface area contributed by atoms with E-state index >= 15 is 0 Å². The summed E-state index contributed by atoms with van der Waals surface area (Å²) in [4.78, 5) is 21.8. The maximum Gasteiger partial charge on any atom is 0.239 e. The van der Waals surface area contributed by atoms with Gasteiger partial charge in [-0.3, -0.25) is 4.79 Å². The molecular formula is C21H20N4O4S3. The normalized spacial score (nSPS) is 12.8. The zero-order valence-corrected chi connectivity index (χ0v) is 19.9. The highest BCUT2D eigenvalue weighted by Gasteiger charge is 2.19. The number of methoxy groups -OCH3 is 1. The lowest BCUT2D eigenvalue weighted by atomic mass is 10.1. The summed E-state index contributed by atoms with van der Waals surface area (Å²) in [6.45, 7) is 3.78. The number of ether oxygens (including phenoxy) is 1. The largest absolute Gasteiger partial charge is 0.494 e. The van der Waals surface area contributed by atoms with Crippen LogP contribution in [0.2, 0.25) is 0 Å². The minimum absolute atomic E-state index is 0.00336. The zero-order chi connectivity index (χ0) is 23.0. The molecule has 0 fully saturated rings. The molecule has 4 rings (SSSR count). The highest BCUT2D eigenvalue weighted by atomic mass is 32.2. The SMILES string of the molecule is COc1cccc2c(C)cc(SC(C)C(=O)Nc3nc4ccc(S(N)(=O)=O)cc4s3)nc12. The average Bonchev–Trinajstić information content (AvgIpc) is 3.14. The van der Waals surface area contributed by atoms with E-state index in [2.05, 4.69) is 15.3 Å². The van der Waals surface area contributed by atoms with Crippen LogP contribution in [0.3, 0.4) is 0 Å². The van der Waals surface area contributed by atoms with Crippen LogP contribution in [0.25, 0.3) is 21.1 Å². The van der Waals surface area contributed by atoms with Crippen molar-refractivity contribution >= 4 is 65.3 Å². The van der Waals surface area contributed by atoms with Gasteiger partial charge in [0.05, 0.1) is 32.5 Å². The number of amides is 1. The van der Waals surface area contributed by atoms with Gasteiger partial charge in [-0.25, -0.2) is 23.5 Å². The number of aryl methyl sites for hydroxylation is 1. The molecule has 0 saturated carbocycles. The Kier molecular flexibility index (Phi) is 6.08. The van der Waals surface area contributed by atoms with Crippen molar-refractivity contribution in [1.29, 1.82) is 0 Å². The van der Waals surface area contributed by atoms with Crippen LogP contribution < -0.4 is 15.2 Å². The third kappa shape index (κ3) is 4.56. The number of nitrogens with one attached hydrogen (secondary N) is 1. The van der Waals surface area contributed by atoms with Crippen LogP contribution >= 0.6 is 23.1 Å². The fourth-order valence-electron chi connectivity index (χ4n) is 3.16. The van der Waals surface area contributed by atoms with Gasteiger partial charge in [0.1, 0.15) is 11.3 Å². The quantitative estimate of drug-likeness (QED) is 0.394. The Morgan fingerprint density at radius 3 is 2.72 bits per heavy atom. The third-order valence-corrected chi connectivity index (χ3v) is 7.65. The summed E-state index contributed by atoms with van der Waals surface area (Å²) in [6, 6.07) is 12.1. The van der Waals surface area contributed by atoms with Crippen molar-refractivity contribution < 1.29 is 17.9 Å². The number of sulfonamides is 1. The van der Waals surface area contributed by atoms with Crippen molar-refractivity contribution in [1.82, 2.24) is 9.97 Å². The van der Waals surface area contributed by atoms with E-state index in [1.54, 1.807) is 20.1 Å². The van der Waals surface area contributed by atoms with Crippen molar-refractivity contribution in [2.24, 2.45) is 5.14 Å². The van der Waals surface area contributed by atoms with E-state index in [0.717, 1.165) is 16.5 Å². The first kappa shape index (κ1) is 22.5. The van der Waals surface area contributed by atoms with Gasteiger partial charge in [-0.05, 0) is 49.7 Å². The number of nitrogens with zero attached hydrogens (tertiary/aromatic N) is 2. The molecule has 3 N–H and O–H groups in total. The monoisotopic (exact) mass is 488 g/mol. The Bertz CT molecular complexity index is 1450. The molecule has 8 nitrogen and oxygen atoms in total. The number of pyridine rings is 1. The van der Waals surface area contributed by atoms with E-state index < -0.39 is 15.3 Å². The van der Waals surface area contributed by atoms with Crippen molar-refractivity contribution in [2.45, 2.75) is 29.0 Å². The first-order valence-corrected chi connectivity index (χ1v) is 12.8. The van der Waals surface area contributed by atoms with Gasteiger partial charge >= 0.3 is 0 Å². The van der Waals surface area contributed by atoms with Crippen LogP contribution in [-0.2, 0) is 14.8 Å². The van der Waals surface area contributed by atoms with E-state index in [-0.39, 0.29) is 10.8 Å². The van der Waals surface area contributed by atoms with Crippen molar-refractivity contribution in [3.8, 4) is 5.75 Å². The summed E-state index contributed by atoms with van der Waals surface area (Å²) in [7, 11) is -2.21.